The Balaban J connectivity index is 1.48. The normalized spacial score (nSPS) is 11.8. The van der Waals surface area contributed by atoms with Gasteiger partial charge in [0.2, 0.25) is 5.91 Å². The molecular formula is C28H32N6O3S. The number of benzene rings is 2. The lowest BCUT2D eigenvalue weighted by Gasteiger charge is -2.18. The lowest BCUT2D eigenvalue weighted by Crippen LogP contribution is -2.23. The molecule has 2 aromatic carbocycles. The second-order valence-corrected chi connectivity index (χ2v) is 9.91. The number of carbonyl (C=O) groups is 1. The Morgan fingerprint density at radius 2 is 1.87 bits per heavy atom. The van der Waals surface area contributed by atoms with Gasteiger partial charge in [-0.3, -0.25) is 18.8 Å². The average Bonchev–Trinajstić information content (AvgIpc) is 3.40. The summed E-state index contributed by atoms with van der Waals surface area (Å²) >= 11 is 1.24. The van der Waals surface area contributed by atoms with Gasteiger partial charge in [0, 0.05) is 13.6 Å². The molecule has 0 aliphatic carbocycles. The largest absolute Gasteiger partial charge is 0.482 e. The Bertz CT molecular complexity index is 1520. The third-order valence-electron chi connectivity index (χ3n) is 6.43. The van der Waals surface area contributed by atoms with E-state index < -0.39 is 0 Å². The first-order valence-corrected chi connectivity index (χ1v) is 13.2. The Morgan fingerprint density at radius 3 is 2.58 bits per heavy atom. The van der Waals surface area contributed by atoms with Crippen molar-refractivity contribution in [2.24, 2.45) is 7.05 Å². The minimum atomic E-state index is -0.366. The highest BCUT2D eigenvalue weighted by atomic mass is 32.2. The molecule has 38 heavy (non-hydrogen) atoms. The molecule has 2 heterocycles. The molecule has 10 heteroatoms. The molecule has 4 rings (SSSR count). The number of anilines is 1. The highest BCUT2D eigenvalue weighted by molar-refractivity contribution is 7.99. The predicted octanol–water partition coefficient (Wildman–Crippen LogP) is 4.75. The highest BCUT2D eigenvalue weighted by Gasteiger charge is 2.22. The van der Waals surface area contributed by atoms with Gasteiger partial charge < -0.3 is 10.1 Å². The number of aromatic nitrogens is 5. The van der Waals surface area contributed by atoms with Crippen LogP contribution in [0.25, 0.3) is 5.69 Å². The quantitative estimate of drug-likeness (QED) is 0.234. The number of aryl methyl sites for hydroxylation is 1. The average molecular weight is 533 g/mol. The number of nitrogens with zero attached hydrogens (tertiary/aromatic N) is 5. The fourth-order valence-electron chi connectivity index (χ4n) is 4.12. The van der Waals surface area contributed by atoms with Crippen LogP contribution in [0.4, 0.5) is 5.69 Å². The summed E-state index contributed by atoms with van der Waals surface area (Å²) in [5.74, 6) is 1.17. The Labute approximate surface area is 226 Å². The van der Waals surface area contributed by atoms with Crippen LogP contribution in [0.5, 0.6) is 5.75 Å². The molecule has 0 spiro atoms. The van der Waals surface area contributed by atoms with Gasteiger partial charge in [-0.15, -0.1) is 16.8 Å². The maximum Gasteiger partial charge on any atom is 0.295 e. The van der Waals surface area contributed by atoms with E-state index in [2.05, 4.69) is 22.1 Å². The monoisotopic (exact) mass is 532 g/mol. The van der Waals surface area contributed by atoms with Crippen LogP contribution in [0.2, 0.25) is 0 Å². The van der Waals surface area contributed by atoms with Crippen LogP contribution >= 0.6 is 11.8 Å². The maximum absolute atomic E-state index is 13.1. The number of thioether (sulfide) groups is 1. The van der Waals surface area contributed by atoms with Crippen molar-refractivity contribution in [2.75, 3.05) is 11.1 Å². The minimum Gasteiger partial charge on any atom is -0.482 e. The van der Waals surface area contributed by atoms with Gasteiger partial charge in [-0.2, -0.15) is 0 Å². The van der Waals surface area contributed by atoms with Crippen molar-refractivity contribution in [3.8, 4) is 11.4 Å². The van der Waals surface area contributed by atoms with Crippen LogP contribution < -0.4 is 15.6 Å². The van der Waals surface area contributed by atoms with Crippen LogP contribution in [0.1, 0.15) is 35.7 Å². The summed E-state index contributed by atoms with van der Waals surface area (Å²) in [6, 6.07) is 15.2. The van der Waals surface area contributed by atoms with E-state index >= 15 is 0 Å². The van der Waals surface area contributed by atoms with E-state index in [1.807, 2.05) is 73.9 Å². The Morgan fingerprint density at radius 1 is 1.13 bits per heavy atom. The molecule has 0 radical (unpaired) electrons. The molecule has 198 valence electrons. The van der Waals surface area contributed by atoms with Gasteiger partial charge in [0.05, 0.1) is 17.1 Å². The summed E-state index contributed by atoms with van der Waals surface area (Å²) in [4.78, 5) is 26.0. The van der Waals surface area contributed by atoms with E-state index in [0.717, 1.165) is 22.6 Å². The van der Waals surface area contributed by atoms with Crippen LogP contribution in [-0.2, 0) is 18.4 Å². The standard InChI is InChI=1S/C28H32N6O3S/c1-7-16-33-26(21(5)37-23-15-11-12-18(2)19(23)3)30-31-28(33)38-17-24(35)29-25-20(4)32(6)34(27(25)36)22-13-9-8-10-14-22/h7-15,21H,1,16-17H2,2-6H3,(H,29,35). The van der Waals surface area contributed by atoms with E-state index in [1.165, 1.54) is 16.4 Å². The van der Waals surface area contributed by atoms with Gasteiger partial charge in [0.15, 0.2) is 17.1 Å². The summed E-state index contributed by atoms with van der Waals surface area (Å²) in [5.41, 5.74) is 3.57. The van der Waals surface area contributed by atoms with Gasteiger partial charge in [-0.25, -0.2) is 4.68 Å². The van der Waals surface area contributed by atoms with E-state index in [4.69, 9.17) is 4.74 Å². The number of carbonyl (C=O) groups excluding carboxylic acids is 1. The molecular weight excluding hydrogens is 500 g/mol. The Hall–Kier alpha value is -4.05. The molecule has 1 atom stereocenters. The third kappa shape index (κ3) is 5.45. The molecule has 0 saturated heterocycles. The van der Waals surface area contributed by atoms with E-state index in [1.54, 1.807) is 24.7 Å². The fourth-order valence-corrected chi connectivity index (χ4v) is 4.88. The van der Waals surface area contributed by atoms with Gasteiger partial charge >= 0.3 is 0 Å². The second kappa shape index (κ2) is 11.6. The summed E-state index contributed by atoms with van der Waals surface area (Å²) in [7, 11) is 1.79. The number of allylic oxidation sites excluding steroid dienone is 1. The van der Waals surface area contributed by atoms with Crippen molar-refractivity contribution in [1.29, 1.82) is 0 Å². The van der Waals surface area contributed by atoms with Crippen molar-refractivity contribution in [3.63, 3.8) is 0 Å². The molecule has 0 aliphatic rings. The molecule has 0 fully saturated rings. The zero-order valence-electron chi connectivity index (χ0n) is 22.3. The number of para-hydroxylation sites is 1. The first-order valence-electron chi connectivity index (χ1n) is 12.3. The molecule has 1 N–H and O–H groups in total. The zero-order valence-corrected chi connectivity index (χ0v) is 23.1. The second-order valence-electron chi connectivity index (χ2n) is 8.97. The van der Waals surface area contributed by atoms with Gasteiger partial charge in [0.1, 0.15) is 11.4 Å². The van der Waals surface area contributed by atoms with E-state index in [-0.39, 0.29) is 29.0 Å². The summed E-state index contributed by atoms with van der Waals surface area (Å²) in [5, 5.41) is 12.0. The Kier molecular flexibility index (Phi) is 8.21. The van der Waals surface area contributed by atoms with Crippen LogP contribution in [0.3, 0.4) is 0 Å². The molecule has 1 amide bonds. The number of amides is 1. The van der Waals surface area contributed by atoms with Gasteiger partial charge in [0.25, 0.3) is 5.56 Å². The summed E-state index contributed by atoms with van der Waals surface area (Å²) in [6.45, 7) is 12.1. The molecule has 2 aromatic heterocycles. The molecule has 0 saturated carbocycles. The topological polar surface area (TPSA) is 96.0 Å². The number of ether oxygens (including phenoxy) is 1. The smallest absolute Gasteiger partial charge is 0.295 e. The molecule has 9 nitrogen and oxygen atoms in total. The predicted molar refractivity (Wildman–Crippen MR) is 150 cm³/mol. The van der Waals surface area contributed by atoms with Crippen molar-refractivity contribution < 1.29 is 9.53 Å². The SMILES string of the molecule is C=CCn1c(SCC(=O)Nc2c(C)n(C)n(-c3ccccc3)c2=O)nnc1C(C)Oc1cccc(C)c1C. The lowest BCUT2D eigenvalue weighted by molar-refractivity contribution is -0.113. The first-order chi connectivity index (χ1) is 18.2. The van der Waals surface area contributed by atoms with Crippen molar-refractivity contribution >= 4 is 23.4 Å². The maximum atomic E-state index is 13.1. The van der Waals surface area contributed by atoms with Crippen LogP contribution in [0.15, 0.2) is 71.1 Å². The molecule has 0 aliphatic heterocycles. The summed E-state index contributed by atoms with van der Waals surface area (Å²) < 4.78 is 11.4. The lowest BCUT2D eigenvalue weighted by atomic mass is 10.1. The number of nitrogens with one attached hydrogen (secondary N) is 1. The first kappa shape index (κ1) is 27.0. The fraction of sp³-hybridized carbons (Fsp3) is 0.286. The van der Waals surface area contributed by atoms with Gasteiger partial charge in [-0.1, -0.05) is 48.2 Å². The summed E-state index contributed by atoms with van der Waals surface area (Å²) in [6.07, 6.45) is 1.38. The zero-order chi connectivity index (χ0) is 27.4. The number of rotatable bonds is 10. The van der Waals surface area contributed by atoms with Crippen molar-refractivity contribution in [1.82, 2.24) is 24.1 Å². The minimum absolute atomic E-state index is 0.0562. The van der Waals surface area contributed by atoms with Gasteiger partial charge in [-0.05, 0) is 57.0 Å². The van der Waals surface area contributed by atoms with Crippen molar-refractivity contribution in [3.05, 3.63) is 94.2 Å². The van der Waals surface area contributed by atoms with Crippen LogP contribution in [0, 0.1) is 20.8 Å². The molecule has 1 unspecified atom stereocenters. The third-order valence-corrected chi connectivity index (χ3v) is 7.40. The number of hydrogen-bond acceptors (Lipinski definition) is 6. The van der Waals surface area contributed by atoms with Crippen molar-refractivity contribution in [2.45, 2.75) is 45.5 Å². The highest BCUT2D eigenvalue weighted by Crippen LogP contribution is 2.28. The van der Waals surface area contributed by atoms with E-state index in [0.29, 0.717) is 23.2 Å². The van der Waals surface area contributed by atoms with Crippen LogP contribution in [-0.4, -0.2) is 35.8 Å². The molecule has 4 aromatic rings. The molecule has 0 bridgehead atoms. The van der Waals surface area contributed by atoms with E-state index in [9.17, 15) is 9.59 Å². The number of hydrogen-bond donors (Lipinski definition) is 1.